The van der Waals surface area contributed by atoms with Crippen molar-refractivity contribution >= 4 is 16.9 Å². The molecular formula is C17H27N3S. The molecule has 116 valence electrons. The van der Waals surface area contributed by atoms with Crippen LogP contribution >= 0.6 is 11.8 Å². The van der Waals surface area contributed by atoms with E-state index >= 15 is 0 Å². The summed E-state index contributed by atoms with van der Waals surface area (Å²) in [5, 5.41) is 5.08. The van der Waals surface area contributed by atoms with Crippen molar-refractivity contribution in [2.24, 2.45) is 4.99 Å². The third-order valence-electron chi connectivity index (χ3n) is 3.92. The van der Waals surface area contributed by atoms with E-state index in [1.807, 2.05) is 11.8 Å². The van der Waals surface area contributed by atoms with E-state index in [4.69, 9.17) is 0 Å². The minimum Gasteiger partial charge on any atom is -0.365 e. The second kappa shape index (κ2) is 8.44. The summed E-state index contributed by atoms with van der Waals surface area (Å²) in [4.78, 5) is 7.01. The van der Waals surface area contributed by atoms with Crippen molar-refractivity contribution in [1.29, 1.82) is 0 Å². The van der Waals surface area contributed by atoms with Crippen LogP contribution in [0.3, 0.4) is 0 Å². The van der Waals surface area contributed by atoms with Crippen molar-refractivity contribution in [3.05, 3.63) is 35.9 Å². The lowest BCUT2D eigenvalue weighted by Gasteiger charge is -2.20. The van der Waals surface area contributed by atoms with E-state index in [9.17, 15) is 0 Å². The highest BCUT2D eigenvalue weighted by Gasteiger charge is 2.20. The first kappa shape index (κ1) is 16.4. The predicted molar refractivity (Wildman–Crippen MR) is 94.1 cm³/mol. The molecule has 0 aliphatic carbocycles. The van der Waals surface area contributed by atoms with Gasteiger partial charge in [-0.05, 0) is 45.8 Å². The van der Waals surface area contributed by atoms with Gasteiger partial charge < -0.3 is 10.2 Å². The molecule has 0 amide bonds. The van der Waals surface area contributed by atoms with Crippen LogP contribution in [0.4, 0.5) is 0 Å². The number of rotatable bonds is 7. The zero-order valence-corrected chi connectivity index (χ0v) is 14.2. The number of hydrogen-bond acceptors (Lipinski definition) is 4. The van der Waals surface area contributed by atoms with Gasteiger partial charge in [0.15, 0.2) is 5.17 Å². The molecule has 0 saturated heterocycles. The zero-order valence-electron chi connectivity index (χ0n) is 13.4. The molecule has 0 fully saturated rings. The largest absolute Gasteiger partial charge is 0.365 e. The summed E-state index contributed by atoms with van der Waals surface area (Å²) in [6, 6.07) is 11.3. The quantitative estimate of drug-likeness (QED) is 0.781. The van der Waals surface area contributed by atoms with Crippen molar-refractivity contribution in [1.82, 2.24) is 10.2 Å². The molecule has 1 aromatic rings. The van der Waals surface area contributed by atoms with Crippen molar-refractivity contribution in [3.8, 4) is 0 Å². The van der Waals surface area contributed by atoms with E-state index in [-0.39, 0.29) is 0 Å². The van der Waals surface area contributed by atoms with Crippen LogP contribution in [0.1, 0.15) is 37.5 Å². The molecule has 0 spiro atoms. The monoisotopic (exact) mass is 305 g/mol. The van der Waals surface area contributed by atoms with E-state index in [1.165, 1.54) is 24.9 Å². The van der Waals surface area contributed by atoms with Gasteiger partial charge in [-0.3, -0.25) is 4.99 Å². The van der Waals surface area contributed by atoms with E-state index in [1.54, 1.807) is 0 Å². The van der Waals surface area contributed by atoms with Gasteiger partial charge in [0.2, 0.25) is 0 Å². The fourth-order valence-electron chi connectivity index (χ4n) is 2.25. The summed E-state index contributed by atoms with van der Waals surface area (Å²) in [7, 11) is 2.19. The van der Waals surface area contributed by atoms with Gasteiger partial charge in [0.05, 0.1) is 11.8 Å². The average molecular weight is 305 g/mol. The first-order valence-corrected chi connectivity index (χ1v) is 8.75. The average Bonchev–Trinajstić information content (AvgIpc) is 2.96. The molecule has 1 aromatic carbocycles. The fraction of sp³-hybridized carbons (Fsp3) is 0.588. The zero-order chi connectivity index (χ0) is 15.1. The molecule has 0 aromatic heterocycles. The Hall–Kier alpha value is -1.00. The summed E-state index contributed by atoms with van der Waals surface area (Å²) in [6.45, 7) is 7.58. The highest BCUT2D eigenvalue weighted by molar-refractivity contribution is 8.14. The molecule has 2 rings (SSSR count). The van der Waals surface area contributed by atoms with Gasteiger partial charge in [0.1, 0.15) is 0 Å². The molecule has 3 nitrogen and oxygen atoms in total. The number of unbranched alkanes of at least 4 members (excludes halogenated alkanes) is 1. The van der Waals surface area contributed by atoms with E-state index in [0.29, 0.717) is 11.3 Å². The Kier molecular flexibility index (Phi) is 6.58. The molecular weight excluding hydrogens is 278 g/mol. The van der Waals surface area contributed by atoms with Gasteiger partial charge in [0, 0.05) is 12.6 Å². The normalized spacial score (nSPS) is 18.3. The number of hydrogen-bond donors (Lipinski definition) is 1. The number of nitrogens with one attached hydrogen (secondary N) is 1. The summed E-state index contributed by atoms with van der Waals surface area (Å²) in [5.41, 5.74) is 1.38. The van der Waals surface area contributed by atoms with E-state index < -0.39 is 0 Å². The van der Waals surface area contributed by atoms with Gasteiger partial charge in [-0.1, -0.05) is 42.1 Å². The van der Waals surface area contributed by atoms with Crippen LogP contribution in [-0.2, 0) is 0 Å². The summed E-state index contributed by atoms with van der Waals surface area (Å²) >= 11 is 1.86. The molecule has 0 bridgehead atoms. The standard InChI is InChI=1S/C17H27N3S/c1-14(2)20(3)12-8-7-11-18-17-19-13-16(21-17)15-9-5-4-6-10-15/h4-6,9-10,14,16H,7-8,11-13H2,1-3H3,(H,18,19). The maximum Gasteiger partial charge on any atom is 0.157 e. The van der Waals surface area contributed by atoms with Crippen LogP contribution in [0.15, 0.2) is 35.3 Å². The first-order valence-electron chi connectivity index (χ1n) is 7.87. The highest BCUT2D eigenvalue weighted by atomic mass is 32.2. The maximum atomic E-state index is 4.61. The first-order chi connectivity index (χ1) is 10.2. The molecule has 1 N–H and O–H groups in total. The lowest BCUT2D eigenvalue weighted by atomic mass is 10.1. The Bertz CT molecular complexity index is 445. The van der Waals surface area contributed by atoms with Crippen molar-refractivity contribution in [3.63, 3.8) is 0 Å². The highest BCUT2D eigenvalue weighted by Crippen LogP contribution is 2.34. The Morgan fingerprint density at radius 2 is 2.05 bits per heavy atom. The number of thioether (sulfide) groups is 1. The molecule has 1 unspecified atom stereocenters. The maximum absolute atomic E-state index is 4.61. The lowest BCUT2D eigenvalue weighted by Crippen LogP contribution is -2.28. The molecule has 4 heteroatoms. The summed E-state index contributed by atoms with van der Waals surface area (Å²) in [5.74, 6) is 0. The van der Waals surface area contributed by atoms with Crippen LogP contribution in [0.25, 0.3) is 0 Å². The lowest BCUT2D eigenvalue weighted by molar-refractivity contribution is 0.268. The smallest absolute Gasteiger partial charge is 0.157 e. The molecule has 0 radical (unpaired) electrons. The van der Waals surface area contributed by atoms with Gasteiger partial charge >= 0.3 is 0 Å². The number of amidine groups is 1. The van der Waals surface area contributed by atoms with Gasteiger partial charge in [-0.2, -0.15) is 0 Å². The number of benzene rings is 1. The second-order valence-electron chi connectivity index (χ2n) is 5.87. The molecule has 0 saturated carbocycles. The Morgan fingerprint density at radius 1 is 1.29 bits per heavy atom. The molecule has 1 atom stereocenters. The van der Waals surface area contributed by atoms with Gasteiger partial charge in [-0.15, -0.1) is 0 Å². The number of nitrogens with zero attached hydrogens (tertiary/aromatic N) is 2. The molecule has 21 heavy (non-hydrogen) atoms. The van der Waals surface area contributed by atoms with Crippen LogP contribution < -0.4 is 5.32 Å². The van der Waals surface area contributed by atoms with Gasteiger partial charge in [0.25, 0.3) is 0 Å². The van der Waals surface area contributed by atoms with Crippen LogP contribution in [0.2, 0.25) is 0 Å². The summed E-state index contributed by atoms with van der Waals surface area (Å²) < 4.78 is 0. The predicted octanol–water partition coefficient (Wildman–Crippen LogP) is 3.54. The topological polar surface area (TPSA) is 27.6 Å². The molecule has 1 aliphatic heterocycles. The minimum atomic E-state index is 0.487. The third kappa shape index (κ3) is 5.36. The van der Waals surface area contributed by atoms with Crippen LogP contribution in [0.5, 0.6) is 0 Å². The second-order valence-corrected chi connectivity index (χ2v) is 7.06. The molecule has 1 heterocycles. The Labute approximate surface area is 133 Å². The fourth-order valence-corrected chi connectivity index (χ4v) is 3.30. The van der Waals surface area contributed by atoms with Crippen LogP contribution in [-0.4, -0.2) is 42.8 Å². The summed E-state index contributed by atoms with van der Waals surface area (Å²) in [6.07, 6.45) is 2.44. The SMILES string of the molecule is CC(C)N(C)CCCCNC1=NCC(c2ccccc2)S1. The van der Waals surface area contributed by atoms with Crippen molar-refractivity contribution in [2.75, 3.05) is 26.7 Å². The van der Waals surface area contributed by atoms with E-state index in [2.05, 4.69) is 66.4 Å². The van der Waals surface area contributed by atoms with Crippen LogP contribution in [0, 0.1) is 0 Å². The molecule has 1 aliphatic rings. The van der Waals surface area contributed by atoms with Gasteiger partial charge in [-0.25, -0.2) is 0 Å². The Morgan fingerprint density at radius 3 is 2.76 bits per heavy atom. The Balaban J connectivity index is 1.61. The van der Waals surface area contributed by atoms with Crippen molar-refractivity contribution < 1.29 is 0 Å². The minimum absolute atomic E-state index is 0.487. The van der Waals surface area contributed by atoms with E-state index in [0.717, 1.165) is 18.3 Å². The third-order valence-corrected chi connectivity index (χ3v) is 5.12. The number of aliphatic imine (C=N–C) groups is 1. The van der Waals surface area contributed by atoms with Crippen molar-refractivity contribution in [2.45, 2.75) is 38.0 Å².